The van der Waals surface area contributed by atoms with E-state index in [1.165, 1.54) is 0 Å². The molecule has 1 fully saturated rings. The van der Waals surface area contributed by atoms with E-state index in [4.69, 9.17) is 0 Å². The van der Waals surface area contributed by atoms with Gasteiger partial charge in [-0.05, 0) is 13.0 Å². The molecule has 0 amide bonds. The fourth-order valence-corrected chi connectivity index (χ4v) is 2.56. The highest BCUT2D eigenvalue weighted by molar-refractivity contribution is 7.99. The van der Waals surface area contributed by atoms with Crippen molar-refractivity contribution in [2.75, 3.05) is 12.3 Å². The first-order valence-electron chi connectivity index (χ1n) is 4.38. The first-order chi connectivity index (χ1) is 6.27. The predicted octanol–water partition coefficient (Wildman–Crippen LogP) is 2.47. The summed E-state index contributed by atoms with van der Waals surface area (Å²) in [6, 6.07) is 5.27. The SMILES string of the molecule is Cc1ccc(F)c(C2NCCS2)c1. The Bertz CT molecular complexity index is 308. The van der Waals surface area contributed by atoms with Crippen molar-refractivity contribution in [2.24, 2.45) is 0 Å². The summed E-state index contributed by atoms with van der Waals surface area (Å²) in [5.74, 6) is 0.968. The second kappa shape index (κ2) is 3.68. The molecule has 0 bridgehead atoms. The van der Waals surface area contributed by atoms with Gasteiger partial charge in [0, 0.05) is 17.9 Å². The van der Waals surface area contributed by atoms with Gasteiger partial charge in [-0.15, -0.1) is 11.8 Å². The molecule has 13 heavy (non-hydrogen) atoms. The quantitative estimate of drug-likeness (QED) is 0.742. The zero-order valence-corrected chi connectivity index (χ0v) is 8.33. The van der Waals surface area contributed by atoms with Crippen molar-refractivity contribution in [3.63, 3.8) is 0 Å². The van der Waals surface area contributed by atoms with E-state index in [0.29, 0.717) is 0 Å². The summed E-state index contributed by atoms with van der Waals surface area (Å²) in [5.41, 5.74) is 1.91. The van der Waals surface area contributed by atoms with Gasteiger partial charge in [0.05, 0.1) is 5.37 Å². The molecular formula is C10H12FNS. The molecule has 2 rings (SSSR count). The van der Waals surface area contributed by atoms with Gasteiger partial charge in [0.25, 0.3) is 0 Å². The maximum absolute atomic E-state index is 13.4. The summed E-state index contributed by atoms with van der Waals surface area (Å²) < 4.78 is 13.4. The summed E-state index contributed by atoms with van der Waals surface area (Å²) in [7, 11) is 0. The van der Waals surface area contributed by atoms with E-state index in [-0.39, 0.29) is 11.2 Å². The zero-order chi connectivity index (χ0) is 9.26. The van der Waals surface area contributed by atoms with Crippen molar-refractivity contribution in [3.8, 4) is 0 Å². The fraction of sp³-hybridized carbons (Fsp3) is 0.400. The molecule has 0 radical (unpaired) electrons. The molecule has 0 aliphatic carbocycles. The highest BCUT2D eigenvalue weighted by atomic mass is 32.2. The Morgan fingerprint density at radius 2 is 2.38 bits per heavy atom. The van der Waals surface area contributed by atoms with E-state index in [1.54, 1.807) is 23.9 Å². The van der Waals surface area contributed by atoms with Crippen LogP contribution in [0.1, 0.15) is 16.5 Å². The lowest BCUT2D eigenvalue weighted by atomic mass is 10.1. The van der Waals surface area contributed by atoms with Crippen LogP contribution in [-0.4, -0.2) is 12.3 Å². The third-order valence-corrected chi connectivity index (χ3v) is 3.34. The number of benzene rings is 1. The van der Waals surface area contributed by atoms with Gasteiger partial charge in [-0.2, -0.15) is 0 Å². The molecule has 0 aromatic heterocycles. The second-order valence-electron chi connectivity index (χ2n) is 3.23. The van der Waals surface area contributed by atoms with Crippen molar-refractivity contribution in [1.29, 1.82) is 0 Å². The molecular weight excluding hydrogens is 185 g/mol. The first-order valence-corrected chi connectivity index (χ1v) is 5.43. The molecule has 1 unspecified atom stereocenters. The number of thioether (sulfide) groups is 1. The van der Waals surface area contributed by atoms with Crippen LogP contribution >= 0.6 is 11.8 Å². The molecule has 1 aliphatic rings. The number of halogens is 1. The Balaban J connectivity index is 2.32. The van der Waals surface area contributed by atoms with Crippen molar-refractivity contribution < 1.29 is 4.39 Å². The number of hydrogen-bond donors (Lipinski definition) is 1. The van der Waals surface area contributed by atoms with E-state index in [0.717, 1.165) is 23.4 Å². The molecule has 1 aromatic rings. The first kappa shape index (κ1) is 9.03. The monoisotopic (exact) mass is 197 g/mol. The molecule has 3 heteroatoms. The van der Waals surface area contributed by atoms with Crippen LogP contribution in [0.5, 0.6) is 0 Å². The molecule has 1 heterocycles. The average Bonchev–Trinajstić information content (AvgIpc) is 2.61. The van der Waals surface area contributed by atoms with Gasteiger partial charge in [0.2, 0.25) is 0 Å². The zero-order valence-electron chi connectivity index (χ0n) is 7.51. The topological polar surface area (TPSA) is 12.0 Å². The average molecular weight is 197 g/mol. The number of rotatable bonds is 1. The standard InChI is InChI=1S/C10H12FNS/c1-7-2-3-9(11)8(6-7)10-12-4-5-13-10/h2-3,6,10,12H,4-5H2,1H3. The molecule has 1 nitrogen and oxygen atoms in total. The van der Waals surface area contributed by atoms with Crippen LogP contribution in [0.25, 0.3) is 0 Å². The largest absolute Gasteiger partial charge is 0.301 e. The lowest BCUT2D eigenvalue weighted by Gasteiger charge is -2.11. The van der Waals surface area contributed by atoms with Crippen LogP contribution in [0.4, 0.5) is 4.39 Å². The van der Waals surface area contributed by atoms with Gasteiger partial charge >= 0.3 is 0 Å². The van der Waals surface area contributed by atoms with Crippen LogP contribution in [0.3, 0.4) is 0 Å². The van der Waals surface area contributed by atoms with E-state index >= 15 is 0 Å². The maximum atomic E-state index is 13.4. The van der Waals surface area contributed by atoms with Gasteiger partial charge in [-0.25, -0.2) is 4.39 Å². The Kier molecular flexibility index (Phi) is 2.56. The van der Waals surface area contributed by atoms with Gasteiger partial charge in [-0.1, -0.05) is 17.7 Å². The minimum Gasteiger partial charge on any atom is -0.301 e. The maximum Gasteiger partial charge on any atom is 0.128 e. The van der Waals surface area contributed by atoms with Crippen molar-refractivity contribution in [1.82, 2.24) is 5.32 Å². The van der Waals surface area contributed by atoms with Crippen molar-refractivity contribution in [2.45, 2.75) is 12.3 Å². The van der Waals surface area contributed by atoms with E-state index < -0.39 is 0 Å². The highest BCUT2D eigenvalue weighted by Gasteiger charge is 2.19. The van der Waals surface area contributed by atoms with Crippen LogP contribution in [0.15, 0.2) is 18.2 Å². The van der Waals surface area contributed by atoms with E-state index in [1.807, 2.05) is 13.0 Å². The molecule has 70 valence electrons. The lowest BCUT2D eigenvalue weighted by molar-refractivity contribution is 0.595. The molecule has 1 N–H and O–H groups in total. The summed E-state index contributed by atoms with van der Waals surface area (Å²) in [6.07, 6.45) is 0. The summed E-state index contributed by atoms with van der Waals surface area (Å²) >= 11 is 1.77. The number of hydrogen-bond acceptors (Lipinski definition) is 2. The van der Waals surface area contributed by atoms with E-state index in [9.17, 15) is 4.39 Å². The fourth-order valence-electron chi connectivity index (χ4n) is 1.49. The molecule has 1 atom stereocenters. The Morgan fingerprint density at radius 1 is 1.54 bits per heavy atom. The minimum absolute atomic E-state index is 0.0995. The summed E-state index contributed by atoms with van der Waals surface area (Å²) in [6.45, 7) is 2.96. The van der Waals surface area contributed by atoms with Gasteiger partial charge in [0.1, 0.15) is 5.82 Å². The van der Waals surface area contributed by atoms with Crippen LogP contribution in [0, 0.1) is 12.7 Å². The van der Waals surface area contributed by atoms with E-state index in [2.05, 4.69) is 5.32 Å². The third kappa shape index (κ3) is 1.86. The van der Waals surface area contributed by atoms with Crippen LogP contribution in [0.2, 0.25) is 0 Å². The number of aryl methyl sites for hydroxylation is 1. The van der Waals surface area contributed by atoms with Crippen molar-refractivity contribution in [3.05, 3.63) is 35.1 Å². The highest BCUT2D eigenvalue weighted by Crippen LogP contribution is 2.31. The van der Waals surface area contributed by atoms with Gasteiger partial charge in [0.15, 0.2) is 0 Å². The molecule has 1 aromatic carbocycles. The second-order valence-corrected chi connectivity index (χ2v) is 4.44. The minimum atomic E-state index is -0.0995. The smallest absolute Gasteiger partial charge is 0.128 e. The number of nitrogens with one attached hydrogen (secondary N) is 1. The summed E-state index contributed by atoms with van der Waals surface area (Å²) in [4.78, 5) is 0. The van der Waals surface area contributed by atoms with Crippen LogP contribution in [-0.2, 0) is 0 Å². The molecule has 1 aliphatic heterocycles. The van der Waals surface area contributed by atoms with Crippen molar-refractivity contribution >= 4 is 11.8 Å². The van der Waals surface area contributed by atoms with Crippen LogP contribution < -0.4 is 5.32 Å². The third-order valence-electron chi connectivity index (χ3n) is 2.15. The Morgan fingerprint density at radius 3 is 3.08 bits per heavy atom. The normalized spacial score (nSPS) is 22.2. The Hall–Kier alpha value is -0.540. The summed E-state index contributed by atoms with van der Waals surface area (Å²) in [5, 5.41) is 3.42. The Labute approximate surface area is 81.7 Å². The lowest BCUT2D eigenvalue weighted by Crippen LogP contribution is -2.13. The molecule has 0 saturated carbocycles. The molecule has 0 spiro atoms. The molecule has 1 saturated heterocycles. The van der Waals surface area contributed by atoms with Gasteiger partial charge < -0.3 is 5.32 Å². The van der Waals surface area contributed by atoms with Gasteiger partial charge in [-0.3, -0.25) is 0 Å². The predicted molar refractivity (Wildman–Crippen MR) is 54.3 cm³/mol.